The maximum absolute atomic E-state index is 6.03. The summed E-state index contributed by atoms with van der Waals surface area (Å²) in [4.78, 5) is 4.04. The Morgan fingerprint density at radius 3 is 2.33 bits per heavy atom. The van der Waals surface area contributed by atoms with E-state index in [1.165, 1.54) is 6.07 Å². The van der Waals surface area contributed by atoms with E-state index < -0.39 is 0 Å². The van der Waals surface area contributed by atoms with Crippen LogP contribution in [0.4, 0.5) is 17.3 Å². The van der Waals surface area contributed by atoms with Crippen LogP contribution in [0.3, 0.4) is 0 Å². The van der Waals surface area contributed by atoms with Gasteiger partial charge in [-0.2, -0.15) is 0 Å². The number of pyridine rings is 1. The van der Waals surface area contributed by atoms with Crippen LogP contribution in [0.15, 0.2) is 24.3 Å². The number of halogens is 4. The highest BCUT2D eigenvalue weighted by atomic mass is 35.5. The van der Waals surface area contributed by atoms with E-state index in [-0.39, 0.29) is 5.82 Å². The lowest BCUT2D eigenvalue weighted by atomic mass is 10.3. The molecule has 1 heterocycles. The Balaban J connectivity index is 2.37. The number of nitrogens with zero attached hydrogens (tertiary/aromatic N) is 1. The standard InChI is InChI=1S/C11H7Cl4N3/c12-5-1-2-9(6(13)3-5)17-11-8(15)4-7(14)10(16)18-11/h1-4H,(H3,16,17,18). The normalized spacial score (nSPS) is 10.4. The van der Waals surface area contributed by atoms with E-state index in [9.17, 15) is 0 Å². The van der Waals surface area contributed by atoms with Crippen LogP contribution in [0, 0.1) is 0 Å². The van der Waals surface area contributed by atoms with Crippen LogP contribution in [0.25, 0.3) is 0 Å². The van der Waals surface area contributed by atoms with E-state index in [0.717, 1.165) is 0 Å². The first-order valence-corrected chi connectivity index (χ1v) is 6.32. The summed E-state index contributed by atoms with van der Waals surface area (Å²) in [6, 6.07) is 6.53. The van der Waals surface area contributed by atoms with Crippen molar-refractivity contribution in [1.82, 2.24) is 4.98 Å². The number of benzene rings is 1. The summed E-state index contributed by atoms with van der Waals surface area (Å²) < 4.78 is 0. The Hall–Kier alpha value is -0.870. The van der Waals surface area contributed by atoms with Gasteiger partial charge in [0.1, 0.15) is 5.82 Å². The van der Waals surface area contributed by atoms with Crippen LogP contribution in [0.2, 0.25) is 20.1 Å². The third-order valence-electron chi connectivity index (χ3n) is 2.14. The second-order valence-corrected chi connectivity index (χ2v) is 5.09. The van der Waals surface area contributed by atoms with Crippen molar-refractivity contribution in [2.45, 2.75) is 0 Å². The number of aromatic nitrogens is 1. The lowest BCUT2D eigenvalue weighted by Crippen LogP contribution is -1.99. The molecule has 0 unspecified atom stereocenters. The Morgan fingerprint density at radius 2 is 1.67 bits per heavy atom. The average Bonchev–Trinajstić information content (AvgIpc) is 2.29. The number of hydrogen-bond donors (Lipinski definition) is 2. The van der Waals surface area contributed by atoms with Gasteiger partial charge in [-0.25, -0.2) is 4.98 Å². The zero-order chi connectivity index (χ0) is 13.3. The molecule has 0 radical (unpaired) electrons. The quantitative estimate of drug-likeness (QED) is 0.816. The predicted octanol–water partition coefficient (Wildman–Crippen LogP) is 5.02. The largest absolute Gasteiger partial charge is 0.382 e. The van der Waals surface area contributed by atoms with Gasteiger partial charge in [0.2, 0.25) is 0 Å². The van der Waals surface area contributed by atoms with Crippen LogP contribution >= 0.6 is 46.4 Å². The Morgan fingerprint density at radius 1 is 0.944 bits per heavy atom. The smallest absolute Gasteiger partial charge is 0.151 e. The molecular weight excluding hydrogens is 316 g/mol. The Bertz CT molecular complexity index is 601. The number of nitrogen functional groups attached to an aromatic ring is 1. The minimum Gasteiger partial charge on any atom is -0.382 e. The minimum absolute atomic E-state index is 0.189. The van der Waals surface area contributed by atoms with Gasteiger partial charge >= 0.3 is 0 Å². The van der Waals surface area contributed by atoms with Crippen molar-refractivity contribution in [2.24, 2.45) is 0 Å². The van der Waals surface area contributed by atoms with Gasteiger partial charge in [0, 0.05) is 5.02 Å². The van der Waals surface area contributed by atoms with Crippen molar-refractivity contribution < 1.29 is 0 Å². The number of rotatable bonds is 2. The third-order valence-corrected chi connectivity index (χ3v) is 3.28. The maximum Gasteiger partial charge on any atom is 0.151 e. The molecule has 1 aromatic carbocycles. The topological polar surface area (TPSA) is 50.9 Å². The van der Waals surface area contributed by atoms with Crippen molar-refractivity contribution in [3.05, 3.63) is 44.4 Å². The lowest BCUT2D eigenvalue weighted by Gasteiger charge is -2.10. The molecule has 0 saturated carbocycles. The van der Waals surface area contributed by atoms with Crippen LogP contribution in [0.1, 0.15) is 0 Å². The van der Waals surface area contributed by atoms with E-state index in [2.05, 4.69) is 10.3 Å². The summed E-state index contributed by atoms with van der Waals surface area (Å²) in [5.74, 6) is 0.566. The molecule has 1 aromatic heterocycles. The summed E-state index contributed by atoms with van der Waals surface area (Å²) in [7, 11) is 0. The molecule has 0 aliphatic carbocycles. The number of nitrogens with one attached hydrogen (secondary N) is 1. The molecule has 18 heavy (non-hydrogen) atoms. The van der Waals surface area contributed by atoms with Gasteiger partial charge in [-0.15, -0.1) is 0 Å². The summed E-state index contributed by atoms with van der Waals surface area (Å²) in [6.07, 6.45) is 0. The number of anilines is 3. The summed E-state index contributed by atoms with van der Waals surface area (Å²) in [5, 5.41) is 4.60. The van der Waals surface area contributed by atoms with E-state index in [0.29, 0.717) is 31.6 Å². The van der Waals surface area contributed by atoms with E-state index in [4.69, 9.17) is 52.1 Å². The van der Waals surface area contributed by atoms with Crippen LogP contribution in [0.5, 0.6) is 0 Å². The molecule has 3 N–H and O–H groups in total. The molecule has 0 atom stereocenters. The van der Waals surface area contributed by atoms with Crippen molar-refractivity contribution in [3.8, 4) is 0 Å². The van der Waals surface area contributed by atoms with Crippen molar-refractivity contribution in [1.29, 1.82) is 0 Å². The molecule has 0 amide bonds. The van der Waals surface area contributed by atoms with Crippen molar-refractivity contribution >= 4 is 63.7 Å². The Kier molecular flexibility index (Phi) is 4.07. The zero-order valence-corrected chi connectivity index (χ0v) is 11.9. The molecule has 94 valence electrons. The van der Waals surface area contributed by atoms with Gasteiger partial charge in [-0.3, -0.25) is 0 Å². The van der Waals surface area contributed by atoms with E-state index in [1.807, 2.05) is 0 Å². The fraction of sp³-hybridized carbons (Fsp3) is 0. The molecular formula is C11H7Cl4N3. The van der Waals surface area contributed by atoms with Crippen LogP contribution in [-0.2, 0) is 0 Å². The molecule has 0 saturated heterocycles. The Labute approximate surface area is 124 Å². The monoisotopic (exact) mass is 321 g/mol. The van der Waals surface area contributed by atoms with Crippen LogP contribution in [-0.4, -0.2) is 4.98 Å². The molecule has 7 heteroatoms. The van der Waals surface area contributed by atoms with E-state index >= 15 is 0 Å². The summed E-state index contributed by atoms with van der Waals surface area (Å²) >= 11 is 23.6. The highest BCUT2D eigenvalue weighted by Crippen LogP contribution is 2.32. The maximum atomic E-state index is 6.03. The van der Waals surface area contributed by atoms with Crippen molar-refractivity contribution in [2.75, 3.05) is 11.1 Å². The number of nitrogens with two attached hydrogens (primary N) is 1. The van der Waals surface area contributed by atoms with Gasteiger partial charge in [0.05, 0.1) is 20.8 Å². The molecule has 3 nitrogen and oxygen atoms in total. The SMILES string of the molecule is Nc1nc(Nc2ccc(Cl)cc2Cl)c(Cl)cc1Cl. The molecule has 0 fully saturated rings. The zero-order valence-electron chi connectivity index (χ0n) is 8.85. The van der Waals surface area contributed by atoms with Gasteiger partial charge in [0.15, 0.2) is 5.82 Å². The number of hydrogen-bond acceptors (Lipinski definition) is 3. The molecule has 2 aromatic rings. The van der Waals surface area contributed by atoms with Gasteiger partial charge in [-0.1, -0.05) is 46.4 Å². The van der Waals surface area contributed by atoms with Gasteiger partial charge in [-0.05, 0) is 24.3 Å². The molecule has 0 aliphatic rings. The fourth-order valence-corrected chi connectivity index (χ4v) is 2.15. The van der Waals surface area contributed by atoms with Crippen molar-refractivity contribution in [3.63, 3.8) is 0 Å². The first-order valence-electron chi connectivity index (χ1n) is 4.81. The van der Waals surface area contributed by atoms with E-state index in [1.54, 1.807) is 18.2 Å². The van der Waals surface area contributed by atoms with Crippen LogP contribution < -0.4 is 11.1 Å². The first-order chi connectivity index (χ1) is 8.47. The predicted molar refractivity (Wildman–Crippen MR) is 78.4 cm³/mol. The minimum atomic E-state index is 0.189. The first kappa shape index (κ1) is 13.6. The van der Waals surface area contributed by atoms with Gasteiger partial charge in [0.25, 0.3) is 0 Å². The fourth-order valence-electron chi connectivity index (χ4n) is 1.29. The summed E-state index contributed by atoms with van der Waals surface area (Å²) in [6.45, 7) is 0. The highest BCUT2D eigenvalue weighted by molar-refractivity contribution is 6.38. The molecule has 2 rings (SSSR count). The molecule has 0 aliphatic heterocycles. The molecule has 0 bridgehead atoms. The molecule has 0 spiro atoms. The lowest BCUT2D eigenvalue weighted by molar-refractivity contribution is 1.31. The second kappa shape index (κ2) is 5.41. The highest BCUT2D eigenvalue weighted by Gasteiger charge is 2.09. The average molecular weight is 323 g/mol. The van der Waals surface area contributed by atoms with Gasteiger partial charge < -0.3 is 11.1 Å². The summed E-state index contributed by atoms with van der Waals surface area (Å²) in [5.41, 5.74) is 6.23. The second-order valence-electron chi connectivity index (χ2n) is 3.44. The third kappa shape index (κ3) is 2.93.